The summed E-state index contributed by atoms with van der Waals surface area (Å²) >= 11 is 1.40. The van der Waals surface area contributed by atoms with E-state index >= 15 is 0 Å². The lowest BCUT2D eigenvalue weighted by Crippen LogP contribution is -1.92. The highest BCUT2D eigenvalue weighted by molar-refractivity contribution is 8.24. The fourth-order valence-corrected chi connectivity index (χ4v) is 1.29. The Morgan fingerprint density at radius 3 is 2.56 bits per heavy atom. The Hall–Kier alpha value is 0.345. The lowest BCUT2D eigenvalue weighted by molar-refractivity contribution is 0.779. The Bertz CT molecular complexity index is 59.0. The lowest BCUT2D eigenvalue weighted by Gasteiger charge is -1.96. The van der Waals surface area contributed by atoms with E-state index in [1.165, 1.54) is 24.5 Å². The molecule has 54 valence electrons. The lowest BCUT2D eigenvalue weighted by atomic mass is 10.1. The van der Waals surface area contributed by atoms with Crippen LogP contribution in [0.2, 0.25) is 6.82 Å². The van der Waals surface area contributed by atoms with Crippen molar-refractivity contribution in [1.82, 2.24) is 0 Å². The van der Waals surface area contributed by atoms with Crippen LogP contribution in [-0.2, 0) is 0 Å². The molecule has 0 aromatic carbocycles. The Labute approximate surface area is 61.6 Å². The number of hydrogen-bond acceptors (Lipinski definition) is 1. The van der Waals surface area contributed by atoms with Crippen LogP contribution in [-0.4, -0.2) is 12.0 Å². The third-order valence-electron chi connectivity index (χ3n) is 1.10. The van der Waals surface area contributed by atoms with Crippen molar-refractivity contribution in [2.75, 3.05) is 5.75 Å². The van der Waals surface area contributed by atoms with E-state index in [1.54, 1.807) is 6.82 Å². The maximum Gasteiger partial charge on any atom is 0.409 e. The molecule has 0 heterocycles. The van der Waals surface area contributed by atoms with Gasteiger partial charge in [0.1, 0.15) is 0 Å². The van der Waals surface area contributed by atoms with Crippen LogP contribution in [0, 0.1) is 0 Å². The van der Waals surface area contributed by atoms with E-state index in [-0.39, 0.29) is 0 Å². The van der Waals surface area contributed by atoms with E-state index in [0.29, 0.717) is 0 Å². The summed E-state index contributed by atoms with van der Waals surface area (Å²) in [4.78, 5) is 0. The second kappa shape index (κ2) is 6.46. The highest BCUT2D eigenvalue weighted by atomic mass is 32.2. The Kier molecular flexibility index (Phi) is 6.71. The van der Waals surface area contributed by atoms with E-state index in [4.69, 9.17) is 0 Å². The molecule has 0 unspecified atom stereocenters. The minimum atomic E-state index is -0.679. The molecule has 0 aliphatic rings. The Morgan fingerprint density at radius 1 is 1.44 bits per heavy atom. The minimum absolute atomic E-state index is 0.679. The fraction of sp³-hybridized carbons (Fsp3) is 1.00. The molecule has 0 amide bonds. The number of hydrogen-bond donors (Lipinski definition) is 0. The predicted octanol–water partition coefficient (Wildman–Crippen LogP) is 3.00. The van der Waals surface area contributed by atoms with Gasteiger partial charge < -0.3 is 4.32 Å². The van der Waals surface area contributed by atoms with Crippen molar-refractivity contribution in [1.29, 1.82) is 0 Å². The van der Waals surface area contributed by atoms with Crippen molar-refractivity contribution in [3.63, 3.8) is 0 Å². The highest BCUT2D eigenvalue weighted by Crippen LogP contribution is 2.10. The van der Waals surface area contributed by atoms with Crippen LogP contribution in [0.3, 0.4) is 0 Å². The summed E-state index contributed by atoms with van der Waals surface area (Å²) in [6.07, 6.45) is 2.94. The third-order valence-corrected chi connectivity index (χ3v) is 2.08. The smallest absolute Gasteiger partial charge is 0.320 e. The molecule has 0 atom stereocenters. The molecule has 0 fully saturated rings. The van der Waals surface area contributed by atoms with Gasteiger partial charge in [0.25, 0.3) is 0 Å². The molecule has 0 saturated carbocycles. The van der Waals surface area contributed by atoms with Crippen LogP contribution in [0.1, 0.15) is 26.2 Å². The van der Waals surface area contributed by atoms with E-state index in [1.807, 2.05) is 0 Å². The third kappa shape index (κ3) is 8.34. The summed E-state index contributed by atoms with van der Waals surface area (Å²) in [7, 11) is 0. The molecule has 0 aromatic heterocycles. The molecule has 0 radical (unpaired) electrons. The average molecular weight is 148 g/mol. The van der Waals surface area contributed by atoms with Crippen molar-refractivity contribution in [2.45, 2.75) is 33.0 Å². The molecule has 0 aromatic rings. The molecule has 0 spiro atoms. The molecule has 0 saturated heterocycles. The first-order valence-corrected chi connectivity index (χ1v) is 4.58. The van der Waals surface area contributed by atoms with Crippen molar-refractivity contribution in [2.24, 2.45) is 0 Å². The van der Waals surface area contributed by atoms with E-state index in [2.05, 4.69) is 6.92 Å². The summed E-state index contributed by atoms with van der Waals surface area (Å²) in [6, 6.07) is 0. The van der Waals surface area contributed by atoms with Gasteiger partial charge in [-0.25, -0.2) is 0 Å². The highest BCUT2D eigenvalue weighted by Gasteiger charge is 2.02. The van der Waals surface area contributed by atoms with Crippen molar-refractivity contribution in [3.05, 3.63) is 0 Å². The predicted molar refractivity (Wildman–Crippen MR) is 44.7 cm³/mol. The van der Waals surface area contributed by atoms with E-state index in [9.17, 15) is 4.32 Å². The average Bonchev–Trinajstić information content (AvgIpc) is 1.80. The normalized spacial score (nSPS) is 9.67. The second-order valence-corrected chi connectivity index (χ2v) is 3.51. The number of halogens is 1. The van der Waals surface area contributed by atoms with Gasteiger partial charge in [0, 0.05) is 0 Å². The van der Waals surface area contributed by atoms with Gasteiger partial charge in [-0.3, -0.25) is 0 Å². The summed E-state index contributed by atoms with van der Waals surface area (Å²) in [6.45, 7) is 3.75. The molecule has 0 bridgehead atoms. The number of rotatable bonds is 5. The van der Waals surface area contributed by atoms with Gasteiger partial charge in [-0.05, 0) is 19.0 Å². The zero-order chi connectivity index (χ0) is 7.11. The first-order valence-electron chi connectivity index (χ1n) is 3.53. The summed E-state index contributed by atoms with van der Waals surface area (Å²) in [5, 5.41) is 0. The van der Waals surface area contributed by atoms with Crippen molar-refractivity contribution < 1.29 is 4.32 Å². The van der Waals surface area contributed by atoms with Gasteiger partial charge >= 0.3 is 6.27 Å². The van der Waals surface area contributed by atoms with E-state index in [0.717, 1.165) is 12.2 Å². The topological polar surface area (TPSA) is 0 Å². The Balaban J connectivity index is 2.75. The fourth-order valence-electron chi connectivity index (χ4n) is 0.598. The van der Waals surface area contributed by atoms with Gasteiger partial charge in [-0.1, -0.05) is 19.8 Å². The standard InChI is InChI=1S/C6H14BFS/c1-3-4-5-6-9-7(2)8/h3-6H2,1-2H3. The maximum atomic E-state index is 12.1. The van der Waals surface area contributed by atoms with Gasteiger partial charge in [-0.15, -0.1) is 0 Å². The van der Waals surface area contributed by atoms with Crippen molar-refractivity contribution >= 4 is 17.9 Å². The van der Waals surface area contributed by atoms with Crippen LogP contribution in [0.25, 0.3) is 0 Å². The summed E-state index contributed by atoms with van der Waals surface area (Å²) in [5.41, 5.74) is 0. The quantitative estimate of drug-likeness (QED) is 0.426. The van der Waals surface area contributed by atoms with E-state index < -0.39 is 6.27 Å². The molecule has 9 heavy (non-hydrogen) atoms. The molecular weight excluding hydrogens is 134 g/mol. The molecule has 0 nitrogen and oxygen atoms in total. The minimum Gasteiger partial charge on any atom is -0.320 e. The van der Waals surface area contributed by atoms with Crippen molar-refractivity contribution in [3.8, 4) is 0 Å². The first-order chi connectivity index (χ1) is 4.27. The van der Waals surface area contributed by atoms with Gasteiger partial charge in [0.15, 0.2) is 0 Å². The largest absolute Gasteiger partial charge is 0.409 e. The molecular formula is C6H14BFS. The van der Waals surface area contributed by atoms with Crippen LogP contribution in [0.5, 0.6) is 0 Å². The zero-order valence-electron chi connectivity index (χ0n) is 6.19. The molecule has 3 heteroatoms. The first kappa shape index (κ1) is 9.34. The molecule has 0 aliphatic heterocycles. The Morgan fingerprint density at radius 2 is 2.11 bits per heavy atom. The van der Waals surface area contributed by atoms with Gasteiger partial charge in [0.05, 0.1) is 0 Å². The molecule has 0 rings (SSSR count). The number of unbranched alkanes of at least 4 members (excludes halogenated alkanes) is 2. The van der Waals surface area contributed by atoms with Gasteiger partial charge in [-0.2, -0.15) is 11.6 Å². The molecule has 0 N–H and O–H groups in total. The zero-order valence-corrected chi connectivity index (χ0v) is 7.01. The van der Waals surface area contributed by atoms with Crippen LogP contribution in [0.4, 0.5) is 4.32 Å². The summed E-state index contributed by atoms with van der Waals surface area (Å²) < 4.78 is 12.1. The summed E-state index contributed by atoms with van der Waals surface area (Å²) in [5.74, 6) is 0.978. The monoisotopic (exact) mass is 148 g/mol. The SMILES string of the molecule is CCCCCSB(C)F. The van der Waals surface area contributed by atoms with Crippen LogP contribution < -0.4 is 0 Å². The maximum absolute atomic E-state index is 12.1. The van der Waals surface area contributed by atoms with Crippen LogP contribution in [0.15, 0.2) is 0 Å². The second-order valence-electron chi connectivity index (χ2n) is 2.12. The van der Waals surface area contributed by atoms with Gasteiger partial charge in [0.2, 0.25) is 0 Å². The van der Waals surface area contributed by atoms with Crippen LogP contribution >= 0.6 is 11.6 Å². The molecule has 0 aliphatic carbocycles.